The molecule has 1 aliphatic rings. The van der Waals surface area contributed by atoms with E-state index in [1.165, 1.54) is 11.7 Å². The third-order valence-electron chi connectivity index (χ3n) is 3.57. The Morgan fingerprint density at radius 2 is 2.06 bits per heavy atom. The lowest BCUT2D eigenvalue weighted by Gasteiger charge is -2.18. The fourth-order valence-corrected chi connectivity index (χ4v) is 2.29. The standard InChI is InChI=1S/C11H19N5O2/c1-7(12)8-4-5-16(6-8)9-10(17)14(2)11(18)15(3)13-9/h7-8H,4-6,12H2,1-3H3. The summed E-state index contributed by atoms with van der Waals surface area (Å²) in [5.74, 6) is 0.705. The highest BCUT2D eigenvalue weighted by Gasteiger charge is 2.28. The minimum atomic E-state index is -0.410. The molecule has 1 saturated heterocycles. The maximum atomic E-state index is 12.0. The van der Waals surface area contributed by atoms with Gasteiger partial charge in [-0.3, -0.25) is 9.36 Å². The van der Waals surface area contributed by atoms with Crippen LogP contribution in [0.3, 0.4) is 0 Å². The molecule has 100 valence electrons. The first-order valence-corrected chi connectivity index (χ1v) is 6.06. The molecule has 0 saturated carbocycles. The van der Waals surface area contributed by atoms with E-state index in [-0.39, 0.29) is 11.6 Å². The second kappa shape index (κ2) is 4.56. The second-order valence-corrected chi connectivity index (χ2v) is 4.95. The van der Waals surface area contributed by atoms with Gasteiger partial charge in [0.25, 0.3) is 5.56 Å². The zero-order valence-electron chi connectivity index (χ0n) is 11.0. The van der Waals surface area contributed by atoms with Crippen LogP contribution in [0.4, 0.5) is 5.82 Å². The molecule has 7 nitrogen and oxygen atoms in total. The van der Waals surface area contributed by atoms with Crippen LogP contribution in [0.25, 0.3) is 0 Å². The molecule has 1 aromatic rings. The van der Waals surface area contributed by atoms with Gasteiger partial charge in [0, 0.05) is 33.2 Å². The monoisotopic (exact) mass is 253 g/mol. The highest BCUT2D eigenvalue weighted by molar-refractivity contribution is 5.36. The number of hydrogen-bond donors (Lipinski definition) is 1. The molecule has 0 bridgehead atoms. The number of rotatable bonds is 2. The van der Waals surface area contributed by atoms with Crippen molar-refractivity contribution >= 4 is 5.82 Å². The summed E-state index contributed by atoms with van der Waals surface area (Å²) in [5, 5.41) is 4.06. The number of aryl methyl sites for hydroxylation is 1. The van der Waals surface area contributed by atoms with Crippen LogP contribution in [0.1, 0.15) is 13.3 Å². The van der Waals surface area contributed by atoms with Gasteiger partial charge in [-0.15, -0.1) is 5.10 Å². The molecule has 2 unspecified atom stereocenters. The second-order valence-electron chi connectivity index (χ2n) is 4.95. The minimum Gasteiger partial charge on any atom is -0.350 e. The fraction of sp³-hybridized carbons (Fsp3) is 0.727. The predicted octanol–water partition coefficient (Wildman–Crippen LogP) is -1.35. The van der Waals surface area contributed by atoms with Crippen LogP contribution in [0, 0.1) is 5.92 Å². The highest BCUT2D eigenvalue weighted by Crippen LogP contribution is 2.20. The smallest absolute Gasteiger partial charge is 0.346 e. The number of hydrogen-bond acceptors (Lipinski definition) is 5. The largest absolute Gasteiger partial charge is 0.350 e. The lowest BCUT2D eigenvalue weighted by molar-refractivity contribution is 0.487. The van der Waals surface area contributed by atoms with Gasteiger partial charge in [0.15, 0.2) is 0 Å². The van der Waals surface area contributed by atoms with E-state index in [1.807, 2.05) is 11.8 Å². The summed E-state index contributed by atoms with van der Waals surface area (Å²) in [6.07, 6.45) is 0.950. The van der Waals surface area contributed by atoms with Gasteiger partial charge >= 0.3 is 5.69 Å². The molecule has 0 aliphatic carbocycles. The molecule has 0 radical (unpaired) electrons. The third-order valence-corrected chi connectivity index (χ3v) is 3.57. The molecule has 2 N–H and O–H groups in total. The summed E-state index contributed by atoms with van der Waals surface area (Å²) in [6.45, 7) is 3.45. The van der Waals surface area contributed by atoms with Crippen LogP contribution in [-0.2, 0) is 14.1 Å². The van der Waals surface area contributed by atoms with Crippen molar-refractivity contribution in [1.82, 2.24) is 14.3 Å². The van der Waals surface area contributed by atoms with Crippen LogP contribution in [-0.4, -0.2) is 33.5 Å². The van der Waals surface area contributed by atoms with E-state index < -0.39 is 5.69 Å². The van der Waals surface area contributed by atoms with Gasteiger partial charge < -0.3 is 10.6 Å². The number of aromatic nitrogens is 3. The maximum absolute atomic E-state index is 12.0. The summed E-state index contributed by atoms with van der Waals surface area (Å²) < 4.78 is 2.28. The van der Waals surface area contributed by atoms with Crippen molar-refractivity contribution in [3.8, 4) is 0 Å². The predicted molar refractivity (Wildman–Crippen MR) is 68.7 cm³/mol. The first kappa shape index (κ1) is 12.8. The Morgan fingerprint density at radius 3 is 2.61 bits per heavy atom. The summed E-state index contributed by atoms with van der Waals surface area (Å²) in [7, 11) is 3.01. The fourth-order valence-electron chi connectivity index (χ4n) is 2.29. The van der Waals surface area contributed by atoms with Crippen LogP contribution in [0.15, 0.2) is 9.59 Å². The van der Waals surface area contributed by atoms with Crippen molar-refractivity contribution in [2.24, 2.45) is 25.7 Å². The summed E-state index contributed by atoms with van der Waals surface area (Å²) >= 11 is 0. The SMILES string of the molecule is CC(N)C1CCN(c2nn(C)c(=O)n(C)c2=O)C1. The molecule has 1 aromatic heterocycles. The zero-order chi connectivity index (χ0) is 13.4. The molecule has 0 aromatic carbocycles. The zero-order valence-corrected chi connectivity index (χ0v) is 11.0. The van der Waals surface area contributed by atoms with Crippen LogP contribution >= 0.6 is 0 Å². The molecular formula is C11H19N5O2. The quantitative estimate of drug-likeness (QED) is 0.704. The normalized spacial score (nSPS) is 21.3. The Labute approximate surface area is 105 Å². The van der Waals surface area contributed by atoms with E-state index in [2.05, 4.69) is 5.10 Å². The van der Waals surface area contributed by atoms with E-state index in [9.17, 15) is 9.59 Å². The van der Waals surface area contributed by atoms with Gasteiger partial charge in [-0.25, -0.2) is 9.48 Å². The Bertz CT molecular complexity index is 560. The van der Waals surface area contributed by atoms with Crippen molar-refractivity contribution in [2.75, 3.05) is 18.0 Å². The number of nitrogens with two attached hydrogens (primary N) is 1. The Morgan fingerprint density at radius 1 is 1.39 bits per heavy atom. The molecule has 18 heavy (non-hydrogen) atoms. The maximum Gasteiger partial charge on any atom is 0.346 e. The van der Waals surface area contributed by atoms with E-state index in [0.29, 0.717) is 11.7 Å². The van der Waals surface area contributed by atoms with Crippen LogP contribution < -0.4 is 21.9 Å². The topological polar surface area (TPSA) is 86.2 Å². The molecule has 7 heteroatoms. The highest BCUT2D eigenvalue weighted by atomic mass is 16.2. The Hall–Kier alpha value is -1.63. The van der Waals surface area contributed by atoms with Gasteiger partial charge in [0.05, 0.1) is 0 Å². The lowest BCUT2D eigenvalue weighted by Crippen LogP contribution is -2.43. The number of anilines is 1. The van der Waals surface area contributed by atoms with E-state index in [4.69, 9.17) is 5.73 Å². The molecule has 2 heterocycles. The van der Waals surface area contributed by atoms with Crippen molar-refractivity contribution in [2.45, 2.75) is 19.4 Å². The first-order valence-electron chi connectivity index (χ1n) is 6.06. The van der Waals surface area contributed by atoms with Crippen LogP contribution in [0.5, 0.6) is 0 Å². The average molecular weight is 253 g/mol. The van der Waals surface area contributed by atoms with Gasteiger partial charge in [-0.05, 0) is 19.3 Å². The molecule has 1 aliphatic heterocycles. The van der Waals surface area contributed by atoms with E-state index >= 15 is 0 Å². The summed E-state index contributed by atoms with van der Waals surface area (Å²) in [5.41, 5.74) is 5.12. The number of nitrogens with zero attached hydrogens (tertiary/aromatic N) is 4. The van der Waals surface area contributed by atoms with Gasteiger partial charge in [0.2, 0.25) is 5.82 Å². The summed E-state index contributed by atoms with van der Waals surface area (Å²) in [6, 6.07) is 0.103. The van der Waals surface area contributed by atoms with E-state index in [1.54, 1.807) is 7.05 Å². The third kappa shape index (κ3) is 2.05. The van der Waals surface area contributed by atoms with Gasteiger partial charge in [0.1, 0.15) is 0 Å². The average Bonchev–Trinajstić information content (AvgIpc) is 2.80. The molecule has 0 spiro atoms. The van der Waals surface area contributed by atoms with E-state index in [0.717, 1.165) is 24.1 Å². The van der Waals surface area contributed by atoms with Gasteiger partial charge in [-0.2, -0.15) is 0 Å². The summed E-state index contributed by atoms with van der Waals surface area (Å²) in [4.78, 5) is 25.5. The molecule has 2 atom stereocenters. The molecular weight excluding hydrogens is 234 g/mol. The van der Waals surface area contributed by atoms with Crippen molar-refractivity contribution < 1.29 is 0 Å². The van der Waals surface area contributed by atoms with Gasteiger partial charge in [-0.1, -0.05) is 0 Å². The lowest BCUT2D eigenvalue weighted by atomic mass is 10.0. The molecule has 2 rings (SSSR count). The van der Waals surface area contributed by atoms with Crippen LogP contribution in [0.2, 0.25) is 0 Å². The van der Waals surface area contributed by atoms with Crippen molar-refractivity contribution in [1.29, 1.82) is 0 Å². The Kier molecular flexibility index (Phi) is 3.25. The molecule has 1 fully saturated rings. The molecule has 0 amide bonds. The Balaban J connectivity index is 2.37. The minimum absolute atomic E-state index is 0.103. The first-order chi connectivity index (χ1) is 8.41. The van der Waals surface area contributed by atoms with Crippen molar-refractivity contribution in [3.63, 3.8) is 0 Å². The van der Waals surface area contributed by atoms with Crippen molar-refractivity contribution in [3.05, 3.63) is 20.8 Å².